The lowest BCUT2D eigenvalue weighted by molar-refractivity contribution is -0.137. The van der Waals surface area contributed by atoms with Gasteiger partial charge in [0.2, 0.25) is 0 Å². The number of carbonyl (C=O) groups is 1. The molecule has 0 radical (unpaired) electrons. The molecule has 0 aromatic heterocycles. The van der Waals surface area contributed by atoms with E-state index < -0.39 is 12.0 Å². The lowest BCUT2D eigenvalue weighted by Gasteiger charge is -2.17. The summed E-state index contributed by atoms with van der Waals surface area (Å²) in [5.74, 6) is 1.05. The van der Waals surface area contributed by atoms with Crippen LogP contribution >= 0.6 is 23.5 Å². The molecule has 26 heavy (non-hydrogen) atoms. The summed E-state index contributed by atoms with van der Waals surface area (Å²) in [6, 6.07) is -0.657. The number of allylic oxidation sites excluding steroid dienone is 3. The predicted octanol–water partition coefficient (Wildman–Crippen LogP) is 3.04. The number of hydrogen-bond acceptors (Lipinski definition) is 7. The third kappa shape index (κ3) is 6.34. The first kappa shape index (κ1) is 20.8. The summed E-state index contributed by atoms with van der Waals surface area (Å²) in [5.41, 5.74) is 0.913. The summed E-state index contributed by atoms with van der Waals surface area (Å²) >= 11 is 3.03. The van der Waals surface area contributed by atoms with E-state index in [1.54, 1.807) is 17.8 Å². The molecule has 0 saturated carbocycles. The van der Waals surface area contributed by atoms with Gasteiger partial charge in [-0.2, -0.15) is 0 Å². The first-order valence-electron chi connectivity index (χ1n) is 8.39. The molecule has 0 amide bonds. The average molecular weight is 396 g/mol. The van der Waals surface area contributed by atoms with E-state index in [4.69, 9.17) is 9.84 Å². The molecule has 0 aliphatic carbocycles. The van der Waals surface area contributed by atoms with Gasteiger partial charge < -0.3 is 14.7 Å². The van der Waals surface area contributed by atoms with Crippen molar-refractivity contribution in [2.75, 3.05) is 32.1 Å². The maximum Gasteiger partial charge on any atom is 0.329 e. The molecular weight excluding hydrogens is 370 g/mol. The van der Waals surface area contributed by atoms with Crippen LogP contribution in [0.1, 0.15) is 13.3 Å². The van der Waals surface area contributed by atoms with Crippen LogP contribution in [0.15, 0.2) is 46.2 Å². The zero-order valence-corrected chi connectivity index (χ0v) is 17.0. The first-order chi connectivity index (χ1) is 12.4. The van der Waals surface area contributed by atoms with Crippen LogP contribution in [0.4, 0.5) is 0 Å². The van der Waals surface area contributed by atoms with Crippen molar-refractivity contribution < 1.29 is 14.6 Å². The van der Waals surface area contributed by atoms with Crippen molar-refractivity contribution in [2.45, 2.75) is 25.5 Å². The van der Waals surface area contributed by atoms with Gasteiger partial charge in [-0.05, 0) is 45.7 Å². The molecule has 0 bridgehead atoms. The quantitative estimate of drug-likeness (QED) is 0.478. The van der Waals surface area contributed by atoms with E-state index in [0.29, 0.717) is 5.75 Å². The number of aliphatic imine (C=N–C) groups is 2. The minimum Gasteiger partial charge on any atom is -0.491 e. The highest BCUT2D eigenvalue weighted by Crippen LogP contribution is 2.29. The van der Waals surface area contributed by atoms with E-state index in [9.17, 15) is 4.79 Å². The van der Waals surface area contributed by atoms with Crippen molar-refractivity contribution in [3.8, 4) is 0 Å². The molecule has 8 heteroatoms. The fourth-order valence-corrected chi connectivity index (χ4v) is 4.28. The fraction of sp³-hybridized carbons (Fsp3) is 0.500. The van der Waals surface area contributed by atoms with Crippen molar-refractivity contribution in [2.24, 2.45) is 9.98 Å². The molecule has 6 nitrogen and oxygen atoms in total. The van der Waals surface area contributed by atoms with E-state index in [0.717, 1.165) is 40.3 Å². The minimum absolute atomic E-state index is 0.106. The van der Waals surface area contributed by atoms with Crippen molar-refractivity contribution in [3.05, 3.63) is 36.3 Å². The van der Waals surface area contributed by atoms with Crippen LogP contribution in [0.5, 0.6) is 0 Å². The van der Waals surface area contributed by atoms with Crippen molar-refractivity contribution in [1.82, 2.24) is 4.90 Å². The van der Waals surface area contributed by atoms with Gasteiger partial charge in [0.25, 0.3) is 0 Å². The van der Waals surface area contributed by atoms with Gasteiger partial charge in [0.15, 0.2) is 6.04 Å². The molecule has 0 spiro atoms. The van der Waals surface area contributed by atoms with Gasteiger partial charge in [-0.3, -0.25) is 4.99 Å². The molecule has 2 rings (SSSR count). The highest BCUT2D eigenvalue weighted by Gasteiger charge is 2.28. The van der Waals surface area contributed by atoms with Crippen LogP contribution in [0.25, 0.3) is 0 Å². The van der Waals surface area contributed by atoms with Crippen LogP contribution < -0.4 is 0 Å². The van der Waals surface area contributed by atoms with Crippen LogP contribution in [-0.4, -0.2) is 70.4 Å². The molecule has 1 unspecified atom stereocenters. The van der Waals surface area contributed by atoms with E-state index in [1.807, 2.05) is 33.2 Å². The van der Waals surface area contributed by atoms with Crippen molar-refractivity contribution >= 4 is 39.6 Å². The predicted molar refractivity (Wildman–Crippen MR) is 111 cm³/mol. The Bertz CT molecular complexity index is 669. The first-order valence-corrected chi connectivity index (χ1v) is 10.4. The normalized spacial score (nSPS) is 23.2. The Morgan fingerprint density at radius 1 is 1.46 bits per heavy atom. The number of carboxylic acids is 1. The molecule has 0 saturated heterocycles. The van der Waals surface area contributed by atoms with Crippen molar-refractivity contribution in [1.29, 1.82) is 0 Å². The molecule has 2 aliphatic rings. The molecule has 1 N–H and O–H groups in total. The third-order valence-electron chi connectivity index (χ3n) is 3.68. The highest BCUT2D eigenvalue weighted by molar-refractivity contribution is 8.25. The maximum atomic E-state index is 11.0. The summed E-state index contributed by atoms with van der Waals surface area (Å²) in [6.45, 7) is 6.82. The largest absolute Gasteiger partial charge is 0.491 e. The molecular formula is C18H25N3O3S2. The number of aliphatic carboxylic acids is 1. The van der Waals surface area contributed by atoms with Gasteiger partial charge in [-0.25, -0.2) is 9.79 Å². The highest BCUT2D eigenvalue weighted by atomic mass is 32.2. The number of ether oxygens (including phenoxy) is 1. The van der Waals surface area contributed by atoms with E-state index >= 15 is 0 Å². The lowest BCUT2D eigenvalue weighted by Crippen LogP contribution is -2.19. The summed E-state index contributed by atoms with van der Waals surface area (Å²) in [7, 11) is 4.08. The Hall–Kier alpha value is -1.51. The Kier molecular flexibility index (Phi) is 7.99. The van der Waals surface area contributed by atoms with E-state index in [2.05, 4.69) is 21.5 Å². The van der Waals surface area contributed by atoms with Gasteiger partial charge in [0.05, 0.1) is 11.8 Å². The topological polar surface area (TPSA) is 74.5 Å². The Morgan fingerprint density at radius 3 is 2.85 bits per heavy atom. The zero-order chi connectivity index (χ0) is 19.1. The van der Waals surface area contributed by atoms with E-state index in [-0.39, 0.29) is 6.10 Å². The van der Waals surface area contributed by atoms with Gasteiger partial charge in [-0.15, -0.1) is 11.8 Å². The minimum atomic E-state index is -0.883. The van der Waals surface area contributed by atoms with Gasteiger partial charge in [0, 0.05) is 18.1 Å². The summed E-state index contributed by atoms with van der Waals surface area (Å²) in [5, 5.41) is 10.6. The van der Waals surface area contributed by atoms with Crippen LogP contribution in [0.3, 0.4) is 0 Å². The molecule has 0 aromatic carbocycles. The zero-order valence-electron chi connectivity index (χ0n) is 15.3. The number of nitrogens with zero attached hydrogens (tertiary/aromatic N) is 3. The second-order valence-electron chi connectivity index (χ2n) is 6.26. The standard InChI is InChI=1S/C18H25N3O3S2/c1-5-14(24-12(2)8-9-21(3)4)7-6-13-10-25-16(19-13)17-20-15(11-26-17)18(22)23/h5-7,12,15H,1,8-11H2,2-4H3,(H,22,23)/b13-6+,14-7+/t12?,15-/m1/s1. The Morgan fingerprint density at radius 2 is 2.23 bits per heavy atom. The van der Waals surface area contributed by atoms with Crippen LogP contribution in [0, 0.1) is 0 Å². The molecule has 0 aromatic rings. The monoisotopic (exact) mass is 395 g/mol. The third-order valence-corrected chi connectivity index (χ3v) is 5.86. The van der Waals surface area contributed by atoms with Crippen LogP contribution in [0.2, 0.25) is 0 Å². The molecule has 142 valence electrons. The molecule has 2 aliphatic heterocycles. The lowest BCUT2D eigenvalue weighted by atomic mass is 10.2. The fourth-order valence-electron chi connectivity index (χ4n) is 2.21. The molecule has 2 heterocycles. The summed E-state index contributed by atoms with van der Waals surface area (Å²) in [4.78, 5) is 21.9. The second-order valence-corrected chi connectivity index (χ2v) is 8.23. The summed E-state index contributed by atoms with van der Waals surface area (Å²) in [6.07, 6.45) is 6.54. The SMILES string of the molecule is C=C/C(=C\C=C1/CSC(C2=N[C@@H](C(=O)O)CS2)=N1)OC(C)CCN(C)C. The Balaban J connectivity index is 1.97. The smallest absolute Gasteiger partial charge is 0.329 e. The maximum absolute atomic E-state index is 11.0. The number of rotatable bonds is 9. The average Bonchev–Trinajstić information content (AvgIpc) is 3.25. The van der Waals surface area contributed by atoms with Gasteiger partial charge >= 0.3 is 5.97 Å². The molecule has 0 fully saturated rings. The number of thioether (sulfide) groups is 2. The van der Waals surface area contributed by atoms with Gasteiger partial charge in [0.1, 0.15) is 15.8 Å². The van der Waals surface area contributed by atoms with Crippen LogP contribution in [-0.2, 0) is 9.53 Å². The van der Waals surface area contributed by atoms with Gasteiger partial charge in [-0.1, -0.05) is 18.3 Å². The second kappa shape index (κ2) is 9.99. The summed E-state index contributed by atoms with van der Waals surface area (Å²) < 4.78 is 5.90. The molecule has 2 atom stereocenters. The number of hydrogen-bond donors (Lipinski definition) is 1. The number of carboxylic acid groups (broad SMARTS) is 1. The Labute approximate surface area is 163 Å². The van der Waals surface area contributed by atoms with Crippen molar-refractivity contribution in [3.63, 3.8) is 0 Å². The van der Waals surface area contributed by atoms with E-state index in [1.165, 1.54) is 11.8 Å².